The molecule has 8 nitrogen and oxygen atoms in total. The molecule has 2 amide bonds. The maximum Gasteiger partial charge on any atom is 0.320 e. The van der Waals surface area contributed by atoms with Crippen LogP contribution in [-0.4, -0.2) is 30.8 Å². The number of aromatic nitrogens is 2. The molecule has 0 unspecified atom stereocenters. The van der Waals surface area contributed by atoms with Crippen LogP contribution in [0, 0.1) is 0 Å². The van der Waals surface area contributed by atoms with Gasteiger partial charge in [0.2, 0.25) is 10.0 Å². The van der Waals surface area contributed by atoms with Crippen molar-refractivity contribution in [1.82, 2.24) is 15.1 Å². The van der Waals surface area contributed by atoms with Crippen LogP contribution >= 0.6 is 0 Å². The van der Waals surface area contributed by atoms with E-state index in [1.807, 2.05) is 30.3 Å². The van der Waals surface area contributed by atoms with Gasteiger partial charge in [-0.2, -0.15) is 5.10 Å². The second-order valence-electron chi connectivity index (χ2n) is 6.20. The first-order valence-electron chi connectivity index (χ1n) is 8.64. The molecule has 9 heteroatoms. The number of nitrogens with zero attached hydrogens (tertiary/aromatic N) is 2. The summed E-state index contributed by atoms with van der Waals surface area (Å²) in [4.78, 5) is 12.1. The molecule has 0 spiro atoms. The molecular weight excluding hydrogens is 378 g/mol. The number of rotatable bonds is 7. The summed E-state index contributed by atoms with van der Waals surface area (Å²) in [6.45, 7) is 1.02. The number of urea groups is 1. The fraction of sp³-hybridized carbons (Fsp3) is 0.158. The molecule has 0 atom stereocenters. The third kappa shape index (κ3) is 5.66. The minimum atomic E-state index is -3.69. The number of primary sulfonamides is 1. The Hall–Kier alpha value is -3.17. The van der Waals surface area contributed by atoms with Crippen LogP contribution in [0.25, 0.3) is 0 Å². The Bertz CT molecular complexity index is 1030. The number of nitrogens with one attached hydrogen (secondary N) is 2. The zero-order valence-electron chi connectivity index (χ0n) is 15.1. The highest BCUT2D eigenvalue weighted by molar-refractivity contribution is 7.89. The second kappa shape index (κ2) is 8.68. The van der Waals surface area contributed by atoms with Crippen LogP contribution in [0.1, 0.15) is 11.1 Å². The van der Waals surface area contributed by atoms with Crippen LogP contribution in [0.15, 0.2) is 71.8 Å². The van der Waals surface area contributed by atoms with Crippen molar-refractivity contribution in [1.29, 1.82) is 0 Å². The molecule has 0 radical (unpaired) electrons. The van der Waals surface area contributed by atoms with E-state index in [0.717, 1.165) is 11.1 Å². The molecule has 3 rings (SSSR count). The molecule has 4 N–H and O–H groups in total. The SMILES string of the molecule is NS(=O)(=O)c1ccc(CCNC(=O)Nc2ccn(Cc3ccccc3)n2)cc1. The minimum absolute atomic E-state index is 0.0630. The molecule has 2 aromatic carbocycles. The second-order valence-corrected chi connectivity index (χ2v) is 7.77. The Balaban J connectivity index is 1.44. The van der Waals surface area contributed by atoms with Gasteiger partial charge < -0.3 is 5.32 Å². The molecule has 1 heterocycles. The molecular formula is C19H21N5O3S. The third-order valence-electron chi connectivity index (χ3n) is 4.02. The van der Waals surface area contributed by atoms with E-state index in [2.05, 4.69) is 15.7 Å². The van der Waals surface area contributed by atoms with Crippen molar-refractivity contribution >= 4 is 21.9 Å². The largest absolute Gasteiger partial charge is 0.337 e. The van der Waals surface area contributed by atoms with Gasteiger partial charge in [-0.05, 0) is 29.7 Å². The van der Waals surface area contributed by atoms with Gasteiger partial charge in [0, 0.05) is 18.8 Å². The fourth-order valence-electron chi connectivity index (χ4n) is 2.61. The van der Waals surface area contributed by atoms with E-state index in [1.54, 1.807) is 29.1 Å². The van der Waals surface area contributed by atoms with E-state index in [0.29, 0.717) is 25.3 Å². The molecule has 0 aliphatic heterocycles. The van der Waals surface area contributed by atoms with Gasteiger partial charge in [0.1, 0.15) is 0 Å². The van der Waals surface area contributed by atoms with E-state index in [-0.39, 0.29) is 10.9 Å². The highest BCUT2D eigenvalue weighted by atomic mass is 32.2. The van der Waals surface area contributed by atoms with E-state index in [9.17, 15) is 13.2 Å². The first-order valence-corrected chi connectivity index (χ1v) is 10.2. The summed E-state index contributed by atoms with van der Waals surface area (Å²) in [7, 11) is -3.69. The van der Waals surface area contributed by atoms with Gasteiger partial charge in [0.05, 0.1) is 11.4 Å². The zero-order valence-corrected chi connectivity index (χ0v) is 15.9. The summed E-state index contributed by atoms with van der Waals surface area (Å²) < 4.78 is 24.2. The first kappa shape index (κ1) is 19.6. The van der Waals surface area contributed by atoms with Crippen LogP contribution in [0.5, 0.6) is 0 Å². The average molecular weight is 399 g/mol. The Labute approximate surface area is 163 Å². The predicted molar refractivity (Wildman–Crippen MR) is 106 cm³/mol. The quantitative estimate of drug-likeness (QED) is 0.562. The summed E-state index contributed by atoms with van der Waals surface area (Å²) in [5.41, 5.74) is 2.01. The monoisotopic (exact) mass is 399 g/mol. The summed E-state index contributed by atoms with van der Waals surface area (Å²) >= 11 is 0. The molecule has 0 aliphatic carbocycles. The van der Waals surface area contributed by atoms with Crippen molar-refractivity contribution in [3.63, 3.8) is 0 Å². The highest BCUT2D eigenvalue weighted by Crippen LogP contribution is 2.09. The Morgan fingerprint density at radius 1 is 1.00 bits per heavy atom. The molecule has 1 aromatic heterocycles. The van der Waals surface area contributed by atoms with Crippen molar-refractivity contribution < 1.29 is 13.2 Å². The predicted octanol–water partition coefficient (Wildman–Crippen LogP) is 1.94. The third-order valence-corrected chi connectivity index (χ3v) is 4.95. The molecule has 0 aliphatic rings. The number of amides is 2. The smallest absolute Gasteiger partial charge is 0.320 e. The standard InChI is InChI=1S/C19H21N5O3S/c20-28(26,27)17-8-6-15(7-9-17)10-12-21-19(25)22-18-11-13-24(23-18)14-16-4-2-1-3-5-16/h1-9,11,13H,10,12,14H2,(H2,20,26,27)(H2,21,22,23,25). The number of nitrogens with two attached hydrogens (primary N) is 1. The topological polar surface area (TPSA) is 119 Å². The zero-order chi connectivity index (χ0) is 20.0. The molecule has 0 saturated carbocycles. The first-order chi connectivity index (χ1) is 13.4. The molecule has 0 saturated heterocycles. The number of anilines is 1. The molecule has 0 fully saturated rings. The number of benzene rings is 2. The van der Waals surface area contributed by atoms with Gasteiger partial charge in [-0.3, -0.25) is 10.00 Å². The lowest BCUT2D eigenvalue weighted by Gasteiger charge is -2.06. The molecule has 146 valence electrons. The van der Waals surface area contributed by atoms with Gasteiger partial charge in [-0.15, -0.1) is 0 Å². The van der Waals surface area contributed by atoms with Gasteiger partial charge in [-0.1, -0.05) is 42.5 Å². The number of hydrogen-bond donors (Lipinski definition) is 3. The van der Waals surface area contributed by atoms with Gasteiger partial charge in [0.15, 0.2) is 5.82 Å². The lowest BCUT2D eigenvalue weighted by Crippen LogP contribution is -2.30. The normalized spacial score (nSPS) is 11.2. The maximum absolute atomic E-state index is 12.0. The van der Waals surface area contributed by atoms with Crippen LogP contribution in [0.2, 0.25) is 0 Å². The van der Waals surface area contributed by atoms with Crippen LogP contribution in [-0.2, 0) is 23.0 Å². The summed E-state index contributed by atoms with van der Waals surface area (Å²) in [5, 5.41) is 14.8. The Kier molecular flexibility index (Phi) is 6.07. The van der Waals surface area contributed by atoms with Crippen LogP contribution < -0.4 is 15.8 Å². The Morgan fingerprint density at radius 3 is 2.39 bits per heavy atom. The number of carbonyl (C=O) groups is 1. The maximum atomic E-state index is 12.0. The lowest BCUT2D eigenvalue weighted by atomic mass is 10.1. The summed E-state index contributed by atoms with van der Waals surface area (Å²) in [6.07, 6.45) is 2.36. The van der Waals surface area contributed by atoms with Gasteiger partial charge in [-0.25, -0.2) is 18.4 Å². The number of hydrogen-bond acceptors (Lipinski definition) is 4. The van der Waals surface area contributed by atoms with E-state index in [4.69, 9.17) is 5.14 Å². The summed E-state index contributed by atoms with van der Waals surface area (Å²) in [6, 6.07) is 17.5. The fourth-order valence-corrected chi connectivity index (χ4v) is 3.13. The molecule has 28 heavy (non-hydrogen) atoms. The van der Waals surface area contributed by atoms with E-state index in [1.165, 1.54) is 12.1 Å². The van der Waals surface area contributed by atoms with E-state index >= 15 is 0 Å². The number of carbonyl (C=O) groups excluding carboxylic acids is 1. The van der Waals surface area contributed by atoms with Crippen molar-refractivity contribution in [2.75, 3.05) is 11.9 Å². The highest BCUT2D eigenvalue weighted by Gasteiger charge is 2.08. The Morgan fingerprint density at radius 2 is 1.71 bits per heavy atom. The van der Waals surface area contributed by atoms with Crippen LogP contribution in [0.3, 0.4) is 0 Å². The van der Waals surface area contributed by atoms with Crippen LogP contribution in [0.4, 0.5) is 10.6 Å². The van der Waals surface area contributed by atoms with E-state index < -0.39 is 10.0 Å². The van der Waals surface area contributed by atoms with Gasteiger partial charge in [0.25, 0.3) is 0 Å². The van der Waals surface area contributed by atoms with Crippen molar-refractivity contribution in [3.8, 4) is 0 Å². The molecule has 3 aromatic rings. The molecule has 0 bridgehead atoms. The number of sulfonamides is 1. The lowest BCUT2D eigenvalue weighted by molar-refractivity contribution is 0.252. The van der Waals surface area contributed by atoms with Gasteiger partial charge >= 0.3 is 6.03 Å². The van der Waals surface area contributed by atoms with Crippen molar-refractivity contribution in [2.45, 2.75) is 17.9 Å². The average Bonchev–Trinajstić information content (AvgIpc) is 3.09. The van der Waals surface area contributed by atoms with Crippen molar-refractivity contribution in [3.05, 3.63) is 78.0 Å². The summed E-state index contributed by atoms with van der Waals surface area (Å²) in [5.74, 6) is 0.464. The minimum Gasteiger partial charge on any atom is -0.337 e. The van der Waals surface area contributed by atoms with Crippen molar-refractivity contribution in [2.24, 2.45) is 5.14 Å².